The maximum atomic E-state index is 5.65. The van der Waals surface area contributed by atoms with Crippen LogP contribution in [0, 0.1) is 5.92 Å². The highest BCUT2D eigenvalue weighted by atomic mass is 14.5. The Hall–Kier alpha value is -0.820. The van der Waals surface area contributed by atoms with E-state index in [0.29, 0.717) is 6.54 Å². The number of hydrogen-bond donors (Lipinski definition) is 1. The average Bonchev–Trinajstić information content (AvgIpc) is 2.31. The van der Waals surface area contributed by atoms with Crippen molar-refractivity contribution in [2.45, 2.75) is 45.1 Å². The summed E-state index contributed by atoms with van der Waals surface area (Å²) < 4.78 is 0. The van der Waals surface area contributed by atoms with Crippen LogP contribution in [0.3, 0.4) is 0 Å². The molecule has 1 heteroatoms. The molecule has 0 radical (unpaired) electrons. The second-order valence-electron chi connectivity index (χ2n) is 4.73. The maximum Gasteiger partial charge on any atom is 0.0178 e. The summed E-state index contributed by atoms with van der Waals surface area (Å²) in [6.07, 6.45) is 8.41. The summed E-state index contributed by atoms with van der Waals surface area (Å²) in [5, 5.41) is 0. The Bertz CT molecular complexity index is 300. The molecule has 0 amide bonds. The Kier molecular flexibility index (Phi) is 3.79. The summed E-state index contributed by atoms with van der Waals surface area (Å²) >= 11 is 0. The monoisotopic (exact) mass is 203 g/mol. The zero-order chi connectivity index (χ0) is 10.5. The normalized spacial score (nSPS) is 17.9. The van der Waals surface area contributed by atoms with Gasteiger partial charge < -0.3 is 5.73 Å². The van der Waals surface area contributed by atoms with Crippen molar-refractivity contribution in [2.24, 2.45) is 11.7 Å². The van der Waals surface area contributed by atoms with Crippen molar-refractivity contribution >= 4 is 0 Å². The van der Waals surface area contributed by atoms with E-state index in [2.05, 4.69) is 24.3 Å². The first kappa shape index (κ1) is 10.7. The van der Waals surface area contributed by atoms with E-state index >= 15 is 0 Å². The van der Waals surface area contributed by atoms with Crippen molar-refractivity contribution in [1.82, 2.24) is 0 Å². The zero-order valence-electron chi connectivity index (χ0n) is 9.41. The molecular weight excluding hydrogens is 182 g/mol. The zero-order valence-corrected chi connectivity index (χ0v) is 9.41. The van der Waals surface area contributed by atoms with E-state index in [-0.39, 0.29) is 0 Å². The minimum absolute atomic E-state index is 0.665. The van der Waals surface area contributed by atoms with Gasteiger partial charge in [0, 0.05) is 6.54 Å². The first-order valence-electron chi connectivity index (χ1n) is 6.16. The largest absolute Gasteiger partial charge is 0.326 e. The molecule has 0 unspecified atom stereocenters. The van der Waals surface area contributed by atoms with Crippen molar-refractivity contribution in [3.63, 3.8) is 0 Å². The Morgan fingerprint density at radius 2 is 1.80 bits per heavy atom. The molecule has 2 N–H and O–H groups in total. The van der Waals surface area contributed by atoms with Crippen LogP contribution < -0.4 is 5.73 Å². The summed E-state index contributed by atoms with van der Waals surface area (Å²) in [5.74, 6) is 0.923. The van der Waals surface area contributed by atoms with Crippen molar-refractivity contribution in [3.8, 4) is 0 Å². The van der Waals surface area contributed by atoms with Gasteiger partial charge in [-0.3, -0.25) is 0 Å². The van der Waals surface area contributed by atoms with Crippen LogP contribution in [0.15, 0.2) is 24.3 Å². The fourth-order valence-corrected chi connectivity index (χ4v) is 2.61. The molecule has 0 bridgehead atoms. The quantitative estimate of drug-likeness (QED) is 0.801. The molecular formula is C14H21N. The van der Waals surface area contributed by atoms with Gasteiger partial charge in [-0.2, -0.15) is 0 Å². The van der Waals surface area contributed by atoms with E-state index in [4.69, 9.17) is 5.73 Å². The average molecular weight is 203 g/mol. The number of nitrogens with two attached hydrogens (primary N) is 1. The van der Waals surface area contributed by atoms with E-state index in [1.165, 1.54) is 49.7 Å². The van der Waals surface area contributed by atoms with Crippen molar-refractivity contribution < 1.29 is 0 Å². The Morgan fingerprint density at radius 3 is 2.53 bits per heavy atom. The standard InChI is InChI=1S/C14H21N/c15-11-14-8-4-7-13(10-14)9-12-5-2-1-3-6-12/h4,7-8,10,12H,1-3,5-6,9,11,15H2. The van der Waals surface area contributed by atoms with Gasteiger partial charge in [0.1, 0.15) is 0 Å². The molecule has 0 spiro atoms. The minimum atomic E-state index is 0.665. The molecule has 1 aromatic rings. The molecule has 1 aromatic carbocycles. The van der Waals surface area contributed by atoms with Crippen LogP contribution in [0.25, 0.3) is 0 Å². The van der Waals surface area contributed by atoms with E-state index in [9.17, 15) is 0 Å². The molecule has 1 fully saturated rings. The van der Waals surface area contributed by atoms with E-state index in [1.807, 2.05) is 0 Å². The Balaban J connectivity index is 1.96. The maximum absolute atomic E-state index is 5.65. The SMILES string of the molecule is NCc1cccc(CC2CCCCC2)c1. The van der Waals surface area contributed by atoms with Gasteiger partial charge in [-0.25, -0.2) is 0 Å². The molecule has 2 rings (SSSR count). The van der Waals surface area contributed by atoms with Crippen LogP contribution in [0.5, 0.6) is 0 Å². The first-order chi connectivity index (χ1) is 7.38. The molecule has 0 atom stereocenters. The fraction of sp³-hybridized carbons (Fsp3) is 0.571. The molecule has 1 aliphatic rings. The van der Waals surface area contributed by atoms with Gasteiger partial charge in [-0.05, 0) is 23.5 Å². The predicted molar refractivity (Wildman–Crippen MR) is 64.6 cm³/mol. The van der Waals surface area contributed by atoms with Crippen LogP contribution in [0.2, 0.25) is 0 Å². The van der Waals surface area contributed by atoms with Crippen LogP contribution in [0.4, 0.5) is 0 Å². The lowest BCUT2D eigenvalue weighted by Gasteiger charge is -2.21. The molecule has 82 valence electrons. The third kappa shape index (κ3) is 3.07. The van der Waals surface area contributed by atoms with Gasteiger partial charge in [0.05, 0.1) is 0 Å². The molecule has 1 saturated carbocycles. The van der Waals surface area contributed by atoms with Gasteiger partial charge in [-0.1, -0.05) is 56.4 Å². The van der Waals surface area contributed by atoms with E-state index < -0.39 is 0 Å². The Morgan fingerprint density at radius 1 is 1.07 bits per heavy atom. The lowest BCUT2D eigenvalue weighted by Crippen LogP contribution is -2.09. The molecule has 15 heavy (non-hydrogen) atoms. The van der Waals surface area contributed by atoms with Crippen LogP contribution in [-0.4, -0.2) is 0 Å². The lowest BCUT2D eigenvalue weighted by molar-refractivity contribution is 0.356. The third-order valence-corrected chi connectivity index (χ3v) is 3.48. The highest BCUT2D eigenvalue weighted by Crippen LogP contribution is 2.26. The van der Waals surface area contributed by atoms with Crippen LogP contribution >= 0.6 is 0 Å². The predicted octanol–water partition coefficient (Wildman–Crippen LogP) is 3.27. The van der Waals surface area contributed by atoms with Crippen LogP contribution in [0.1, 0.15) is 43.2 Å². The summed E-state index contributed by atoms with van der Waals surface area (Å²) in [4.78, 5) is 0. The van der Waals surface area contributed by atoms with E-state index in [0.717, 1.165) is 5.92 Å². The van der Waals surface area contributed by atoms with Gasteiger partial charge in [0.2, 0.25) is 0 Å². The van der Waals surface area contributed by atoms with Gasteiger partial charge in [0.25, 0.3) is 0 Å². The topological polar surface area (TPSA) is 26.0 Å². The smallest absolute Gasteiger partial charge is 0.0178 e. The minimum Gasteiger partial charge on any atom is -0.326 e. The highest BCUT2D eigenvalue weighted by molar-refractivity contribution is 5.23. The second-order valence-corrected chi connectivity index (χ2v) is 4.73. The fourth-order valence-electron chi connectivity index (χ4n) is 2.61. The Labute approximate surface area is 92.7 Å². The second kappa shape index (κ2) is 5.32. The van der Waals surface area contributed by atoms with Crippen molar-refractivity contribution in [3.05, 3.63) is 35.4 Å². The van der Waals surface area contributed by atoms with Crippen molar-refractivity contribution in [1.29, 1.82) is 0 Å². The highest BCUT2D eigenvalue weighted by Gasteiger charge is 2.13. The molecule has 0 aliphatic heterocycles. The summed E-state index contributed by atoms with van der Waals surface area (Å²) in [6, 6.07) is 8.77. The molecule has 1 nitrogen and oxygen atoms in total. The number of benzene rings is 1. The van der Waals surface area contributed by atoms with Gasteiger partial charge >= 0.3 is 0 Å². The molecule has 0 aromatic heterocycles. The van der Waals surface area contributed by atoms with Crippen LogP contribution in [-0.2, 0) is 13.0 Å². The molecule has 1 aliphatic carbocycles. The van der Waals surface area contributed by atoms with Gasteiger partial charge in [0.15, 0.2) is 0 Å². The van der Waals surface area contributed by atoms with Crippen molar-refractivity contribution in [2.75, 3.05) is 0 Å². The molecule has 0 heterocycles. The number of rotatable bonds is 3. The number of hydrogen-bond acceptors (Lipinski definition) is 1. The summed E-state index contributed by atoms with van der Waals surface area (Å²) in [5.41, 5.74) is 8.40. The third-order valence-electron chi connectivity index (χ3n) is 3.48. The summed E-state index contributed by atoms with van der Waals surface area (Å²) in [6.45, 7) is 0.665. The summed E-state index contributed by atoms with van der Waals surface area (Å²) in [7, 11) is 0. The molecule has 0 saturated heterocycles. The first-order valence-corrected chi connectivity index (χ1v) is 6.16. The lowest BCUT2D eigenvalue weighted by atomic mass is 9.84. The van der Waals surface area contributed by atoms with E-state index in [1.54, 1.807) is 0 Å². The van der Waals surface area contributed by atoms with Gasteiger partial charge in [-0.15, -0.1) is 0 Å².